The van der Waals surface area contributed by atoms with E-state index in [1.54, 1.807) is 23.5 Å². The Balaban J connectivity index is 2.53. The van der Waals surface area contributed by atoms with Crippen LogP contribution in [0.1, 0.15) is 22.0 Å². The summed E-state index contributed by atoms with van der Waals surface area (Å²) < 4.78 is 13.9. The smallest absolute Gasteiger partial charge is 0.129 e. The van der Waals surface area contributed by atoms with E-state index in [4.69, 9.17) is 11.6 Å². The largest absolute Gasteiger partial charge is 0.309 e. The molecule has 1 nitrogen and oxygen atoms in total. The quantitative estimate of drug-likeness (QED) is 0.882. The van der Waals surface area contributed by atoms with Gasteiger partial charge in [0.25, 0.3) is 0 Å². The first-order valence-electron chi connectivity index (χ1n) is 5.30. The lowest BCUT2D eigenvalue weighted by Gasteiger charge is -2.18. The lowest BCUT2D eigenvalue weighted by Crippen LogP contribution is -2.19. The van der Waals surface area contributed by atoms with E-state index in [0.717, 1.165) is 10.4 Å². The maximum absolute atomic E-state index is 13.9. The first-order valence-corrected chi connectivity index (χ1v) is 6.56. The Bertz CT molecular complexity index is 504. The van der Waals surface area contributed by atoms with Crippen molar-refractivity contribution in [2.75, 3.05) is 7.05 Å². The number of nitrogens with one attached hydrogen (secondary N) is 1. The second-order valence-electron chi connectivity index (χ2n) is 3.82. The van der Waals surface area contributed by atoms with Crippen LogP contribution in [0.3, 0.4) is 0 Å². The minimum Gasteiger partial charge on any atom is -0.309 e. The molecule has 2 rings (SSSR count). The zero-order valence-electron chi connectivity index (χ0n) is 9.63. The maximum Gasteiger partial charge on any atom is 0.129 e. The Kier molecular flexibility index (Phi) is 3.82. The van der Waals surface area contributed by atoms with Crippen LogP contribution in [0.5, 0.6) is 0 Å². The third-order valence-corrected chi connectivity index (χ3v) is 4.15. The summed E-state index contributed by atoms with van der Waals surface area (Å²) in [6.45, 7) is 2.02. The molecule has 17 heavy (non-hydrogen) atoms. The molecule has 0 saturated heterocycles. The molecule has 90 valence electrons. The predicted octanol–water partition coefficient (Wildman–Crippen LogP) is 4.16. The number of hydrogen-bond acceptors (Lipinski definition) is 2. The number of hydrogen-bond donors (Lipinski definition) is 1. The van der Waals surface area contributed by atoms with Gasteiger partial charge in [0.15, 0.2) is 0 Å². The molecular formula is C13H13ClFNS. The molecule has 1 heterocycles. The summed E-state index contributed by atoms with van der Waals surface area (Å²) in [7, 11) is 1.81. The molecule has 1 unspecified atom stereocenters. The van der Waals surface area contributed by atoms with Gasteiger partial charge in [0.05, 0.1) is 6.04 Å². The van der Waals surface area contributed by atoms with Gasteiger partial charge >= 0.3 is 0 Å². The van der Waals surface area contributed by atoms with Crippen LogP contribution in [0.25, 0.3) is 0 Å². The molecule has 0 bridgehead atoms. The van der Waals surface area contributed by atoms with Gasteiger partial charge in [0, 0.05) is 15.5 Å². The van der Waals surface area contributed by atoms with Gasteiger partial charge in [0.1, 0.15) is 5.82 Å². The molecule has 0 spiro atoms. The number of thiophene rings is 1. The molecule has 1 N–H and O–H groups in total. The topological polar surface area (TPSA) is 12.0 Å². The Morgan fingerprint density at radius 2 is 2.12 bits per heavy atom. The normalized spacial score (nSPS) is 12.7. The maximum atomic E-state index is 13.9. The molecule has 0 saturated carbocycles. The van der Waals surface area contributed by atoms with Crippen LogP contribution in [-0.2, 0) is 0 Å². The van der Waals surface area contributed by atoms with Crippen LogP contribution in [0, 0.1) is 12.7 Å². The standard InChI is InChI=1S/C13H13ClFNS/c1-8-6-7-17-13(8)12(16-2)11-9(14)4-3-5-10(11)15/h3-7,12,16H,1-2H3. The summed E-state index contributed by atoms with van der Waals surface area (Å²) in [5, 5.41) is 5.59. The summed E-state index contributed by atoms with van der Waals surface area (Å²) in [6.07, 6.45) is 0. The van der Waals surface area contributed by atoms with Crippen LogP contribution in [0.15, 0.2) is 29.6 Å². The van der Waals surface area contributed by atoms with E-state index in [0.29, 0.717) is 10.6 Å². The Morgan fingerprint density at radius 3 is 2.65 bits per heavy atom. The summed E-state index contributed by atoms with van der Waals surface area (Å²) in [4.78, 5) is 1.10. The molecule has 0 aliphatic rings. The number of benzene rings is 1. The lowest BCUT2D eigenvalue weighted by atomic mass is 10.0. The van der Waals surface area contributed by atoms with E-state index in [1.165, 1.54) is 6.07 Å². The molecule has 1 aromatic heterocycles. The third-order valence-electron chi connectivity index (χ3n) is 2.74. The molecule has 0 amide bonds. The molecule has 0 aliphatic carbocycles. The van der Waals surface area contributed by atoms with E-state index in [1.807, 2.05) is 25.4 Å². The van der Waals surface area contributed by atoms with Gasteiger partial charge in [-0.15, -0.1) is 11.3 Å². The van der Waals surface area contributed by atoms with Crippen LogP contribution in [-0.4, -0.2) is 7.05 Å². The fraction of sp³-hybridized carbons (Fsp3) is 0.231. The number of rotatable bonds is 3. The van der Waals surface area contributed by atoms with Crippen molar-refractivity contribution in [3.8, 4) is 0 Å². The van der Waals surface area contributed by atoms with Crippen LogP contribution in [0.4, 0.5) is 4.39 Å². The molecular weight excluding hydrogens is 257 g/mol. The first kappa shape index (κ1) is 12.6. The molecule has 1 aromatic carbocycles. The monoisotopic (exact) mass is 269 g/mol. The van der Waals surface area contributed by atoms with Crippen LogP contribution >= 0.6 is 22.9 Å². The van der Waals surface area contributed by atoms with Crippen molar-refractivity contribution in [3.05, 3.63) is 56.5 Å². The predicted molar refractivity (Wildman–Crippen MR) is 71.4 cm³/mol. The van der Waals surface area contributed by atoms with E-state index in [9.17, 15) is 4.39 Å². The highest BCUT2D eigenvalue weighted by atomic mass is 35.5. The summed E-state index contributed by atoms with van der Waals surface area (Å²) in [6, 6.07) is 6.61. The van der Waals surface area contributed by atoms with E-state index < -0.39 is 0 Å². The van der Waals surface area contributed by atoms with E-state index >= 15 is 0 Å². The zero-order chi connectivity index (χ0) is 12.4. The molecule has 2 aromatic rings. The molecule has 0 aliphatic heterocycles. The van der Waals surface area contributed by atoms with Crippen LogP contribution < -0.4 is 5.32 Å². The van der Waals surface area contributed by atoms with Gasteiger partial charge in [-0.1, -0.05) is 17.7 Å². The molecule has 1 atom stereocenters. The third kappa shape index (κ3) is 2.37. The highest BCUT2D eigenvalue weighted by Gasteiger charge is 2.21. The summed E-state index contributed by atoms with van der Waals surface area (Å²) >= 11 is 7.70. The molecule has 0 fully saturated rings. The SMILES string of the molecule is CNC(c1sccc1C)c1c(F)cccc1Cl. The van der Waals surface area contributed by atoms with Gasteiger partial charge in [-0.3, -0.25) is 0 Å². The Labute approximate surface area is 109 Å². The van der Waals surface area contributed by atoms with Gasteiger partial charge in [0.2, 0.25) is 0 Å². The van der Waals surface area contributed by atoms with Gasteiger partial charge in [-0.2, -0.15) is 0 Å². The highest BCUT2D eigenvalue weighted by molar-refractivity contribution is 7.10. The second kappa shape index (κ2) is 5.17. The fourth-order valence-electron chi connectivity index (χ4n) is 1.87. The van der Waals surface area contributed by atoms with Crippen molar-refractivity contribution >= 4 is 22.9 Å². The minimum absolute atomic E-state index is 0.191. The number of aryl methyl sites for hydroxylation is 1. The van der Waals surface area contributed by atoms with Gasteiger partial charge in [-0.05, 0) is 43.1 Å². The minimum atomic E-state index is -0.273. The first-order chi connectivity index (χ1) is 8.15. The lowest BCUT2D eigenvalue weighted by molar-refractivity contribution is 0.579. The number of halogens is 2. The van der Waals surface area contributed by atoms with Crippen molar-refractivity contribution in [2.24, 2.45) is 0 Å². The molecule has 0 radical (unpaired) electrons. The van der Waals surface area contributed by atoms with Crippen molar-refractivity contribution < 1.29 is 4.39 Å². The molecule has 4 heteroatoms. The average molecular weight is 270 g/mol. The average Bonchev–Trinajstić information content (AvgIpc) is 2.70. The van der Waals surface area contributed by atoms with Crippen molar-refractivity contribution in [3.63, 3.8) is 0 Å². The Hall–Kier alpha value is -0.900. The highest BCUT2D eigenvalue weighted by Crippen LogP contribution is 2.34. The van der Waals surface area contributed by atoms with Crippen molar-refractivity contribution in [1.82, 2.24) is 5.32 Å². The van der Waals surface area contributed by atoms with Gasteiger partial charge < -0.3 is 5.32 Å². The van der Waals surface area contributed by atoms with Crippen molar-refractivity contribution in [2.45, 2.75) is 13.0 Å². The summed E-state index contributed by atoms with van der Waals surface area (Å²) in [5.41, 5.74) is 1.66. The zero-order valence-corrected chi connectivity index (χ0v) is 11.2. The summed E-state index contributed by atoms with van der Waals surface area (Å²) in [5.74, 6) is -0.273. The van der Waals surface area contributed by atoms with Crippen molar-refractivity contribution in [1.29, 1.82) is 0 Å². The van der Waals surface area contributed by atoms with E-state index in [2.05, 4.69) is 5.32 Å². The van der Waals surface area contributed by atoms with E-state index in [-0.39, 0.29) is 11.9 Å². The Morgan fingerprint density at radius 1 is 1.35 bits per heavy atom. The van der Waals surface area contributed by atoms with Crippen LogP contribution in [0.2, 0.25) is 5.02 Å². The fourth-order valence-corrected chi connectivity index (χ4v) is 3.19. The van der Waals surface area contributed by atoms with Gasteiger partial charge in [-0.25, -0.2) is 4.39 Å². The second-order valence-corrected chi connectivity index (χ2v) is 5.18.